The first kappa shape index (κ1) is 17.8. The van der Waals surface area contributed by atoms with E-state index in [1.165, 1.54) is 0 Å². The van der Waals surface area contributed by atoms with E-state index >= 15 is 0 Å². The van der Waals surface area contributed by atoms with Gasteiger partial charge in [0.2, 0.25) is 5.91 Å². The molecule has 1 amide bonds. The molecule has 0 saturated heterocycles. The van der Waals surface area contributed by atoms with Crippen LogP contribution in [0.4, 0.5) is 0 Å². The summed E-state index contributed by atoms with van der Waals surface area (Å²) in [6, 6.07) is 5.25. The highest BCUT2D eigenvalue weighted by molar-refractivity contribution is 5.79. The van der Waals surface area contributed by atoms with Crippen molar-refractivity contribution in [3.8, 4) is 11.3 Å². The molecule has 0 aliphatic rings. The highest BCUT2D eigenvalue weighted by atomic mass is 16.5. The van der Waals surface area contributed by atoms with Gasteiger partial charge in [0.15, 0.2) is 5.76 Å². The molecule has 1 atom stereocenters. The molecule has 26 heavy (non-hydrogen) atoms. The second kappa shape index (κ2) is 7.51. The zero-order chi connectivity index (χ0) is 18.7. The normalized spacial score (nSPS) is 12.3. The minimum atomic E-state index is -0.331. The quantitative estimate of drug-likeness (QED) is 0.680. The number of rotatable bonds is 6. The number of imidazole rings is 1. The molecule has 3 rings (SSSR count). The van der Waals surface area contributed by atoms with Crippen molar-refractivity contribution < 1.29 is 9.32 Å². The number of hydrogen-bond acceptors (Lipinski definition) is 5. The summed E-state index contributed by atoms with van der Waals surface area (Å²) in [7, 11) is 1.76. The van der Waals surface area contributed by atoms with E-state index in [1.807, 2.05) is 35.9 Å². The van der Waals surface area contributed by atoms with Crippen LogP contribution in [0.2, 0.25) is 0 Å². The molecule has 3 heterocycles. The number of hydrogen-bond donors (Lipinski definition) is 0. The molecule has 0 aromatic carbocycles. The van der Waals surface area contributed by atoms with Crippen LogP contribution in [0.15, 0.2) is 47.5 Å². The number of carbonyl (C=O) groups is 1. The molecule has 0 unspecified atom stereocenters. The highest BCUT2D eigenvalue weighted by Crippen LogP contribution is 2.21. The van der Waals surface area contributed by atoms with E-state index in [0.29, 0.717) is 12.3 Å². The fourth-order valence-electron chi connectivity index (χ4n) is 2.90. The third kappa shape index (κ3) is 3.66. The highest BCUT2D eigenvalue weighted by Gasteiger charge is 2.23. The molecule has 7 heteroatoms. The summed E-state index contributed by atoms with van der Waals surface area (Å²) in [5.74, 6) is 1.78. The van der Waals surface area contributed by atoms with Gasteiger partial charge in [0.05, 0.1) is 6.54 Å². The third-order valence-electron chi connectivity index (χ3n) is 4.29. The van der Waals surface area contributed by atoms with E-state index in [-0.39, 0.29) is 17.9 Å². The van der Waals surface area contributed by atoms with E-state index in [1.54, 1.807) is 30.5 Å². The maximum absolute atomic E-state index is 12.8. The van der Waals surface area contributed by atoms with Gasteiger partial charge in [0, 0.05) is 49.4 Å². The van der Waals surface area contributed by atoms with Crippen molar-refractivity contribution >= 4 is 5.91 Å². The van der Waals surface area contributed by atoms with E-state index < -0.39 is 0 Å². The lowest BCUT2D eigenvalue weighted by atomic mass is 10.2. The minimum Gasteiger partial charge on any atom is -0.359 e. The average Bonchev–Trinajstić information content (AvgIpc) is 3.30. The van der Waals surface area contributed by atoms with E-state index in [0.717, 1.165) is 17.1 Å². The molecular formula is C19H23N5O2. The number of pyridine rings is 1. The molecule has 136 valence electrons. The first-order chi connectivity index (χ1) is 12.5. The van der Waals surface area contributed by atoms with Crippen LogP contribution in [0.25, 0.3) is 11.3 Å². The molecule has 3 aromatic heterocycles. The number of likely N-dealkylation sites (N-methyl/N-ethyl adjacent to an activating group) is 1. The Balaban J connectivity index is 1.70. The van der Waals surface area contributed by atoms with Gasteiger partial charge in [-0.25, -0.2) is 4.98 Å². The minimum absolute atomic E-state index is 0.00763. The summed E-state index contributed by atoms with van der Waals surface area (Å²) in [5, 5.41) is 4.07. The molecule has 0 aliphatic heterocycles. The van der Waals surface area contributed by atoms with Crippen LogP contribution in [0.3, 0.4) is 0 Å². The number of nitrogens with zero attached hydrogens (tertiary/aromatic N) is 5. The summed E-state index contributed by atoms with van der Waals surface area (Å²) in [6.07, 6.45) is 7.00. The van der Waals surface area contributed by atoms with Crippen molar-refractivity contribution in [2.24, 2.45) is 0 Å². The molecule has 0 N–H and O–H groups in total. The van der Waals surface area contributed by atoms with Crippen molar-refractivity contribution in [2.45, 2.75) is 39.3 Å². The predicted molar refractivity (Wildman–Crippen MR) is 97.2 cm³/mol. The smallest absolute Gasteiger partial charge is 0.245 e. The van der Waals surface area contributed by atoms with E-state index in [2.05, 4.69) is 29.0 Å². The Bertz CT molecular complexity index is 869. The summed E-state index contributed by atoms with van der Waals surface area (Å²) in [5.41, 5.74) is 1.66. The number of amides is 1. The van der Waals surface area contributed by atoms with Crippen molar-refractivity contribution in [2.75, 3.05) is 7.05 Å². The Kier molecular flexibility index (Phi) is 5.16. The maximum Gasteiger partial charge on any atom is 0.245 e. The Labute approximate surface area is 152 Å². The first-order valence-corrected chi connectivity index (χ1v) is 8.61. The molecule has 3 aromatic rings. The summed E-state index contributed by atoms with van der Waals surface area (Å²) < 4.78 is 7.31. The maximum atomic E-state index is 12.8. The average molecular weight is 353 g/mol. The molecule has 0 aliphatic carbocycles. The Morgan fingerprint density at radius 3 is 2.65 bits per heavy atom. The van der Waals surface area contributed by atoms with Gasteiger partial charge in [-0.1, -0.05) is 19.0 Å². The lowest BCUT2D eigenvalue weighted by Crippen LogP contribution is -2.33. The number of carbonyl (C=O) groups excluding carboxylic acids is 1. The molecule has 0 saturated carbocycles. The first-order valence-electron chi connectivity index (χ1n) is 8.61. The van der Waals surface area contributed by atoms with Gasteiger partial charge in [0.1, 0.15) is 17.6 Å². The molecular weight excluding hydrogens is 330 g/mol. The molecule has 0 spiro atoms. The molecule has 0 bridgehead atoms. The second-order valence-corrected chi connectivity index (χ2v) is 6.63. The van der Waals surface area contributed by atoms with Gasteiger partial charge in [-0.15, -0.1) is 0 Å². The van der Waals surface area contributed by atoms with Crippen LogP contribution in [0.5, 0.6) is 0 Å². The van der Waals surface area contributed by atoms with Gasteiger partial charge >= 0.3 is 0 Å². The Morgan fingerprint density at radius 2 is 1.96 bits per heavy atom. The molecule has 7 nitrogen and oxygen atoms in total. The fourth-order valence-corrected chi connectivity index (χ4v) is 2.90. The van der Waals surface area contributed by atoms with Crippen molar-refractivity contribution in [3.05, 3.63) is 54.6 Å². The third-order valence-corrected chi connectivity index (χ3v) is 4.29. The second-order valence-electron chi connectivity index (χ2n) is 6.63. The zero-order valence-corrected chi connectivity index (χ0v) is 15.5. The van der Waals surface area contributed by atoms with Crippen LogP contribution in [-0.4, -0.2) is 37.5 Å². The SMILES string of the molecule is CC(C)c1nccn1[C@@H](C)C(=O)N(C)Cc1cc(-c2ccncc2)no1. The largest absolute Gasteiger partial charge is 0.359 e. The number of aromatic nitrogens is 4. The van der Waals surface area contributed by atoms with E-state index in [9.17, 15) is 4.79 Å². The lowest BCUT2D eigenvalue weighted by Gasteiger charge is -2.23. The van der Waals surface area contributed by atoms with Crippen molar-refractivity contribution in [3.63, 3.8) is 0 Å². The summed E-state index contributed by atoms with van der Waals surface area (Å²) in [4.78, 5) is 22.8. The Morgan fingerprint density at radius 1 is 1.23 bits per heavy atom. The standard InChI is InChI=1S/C19H23N5O2/c1-13(2)18-21-9-10-24(18)14(3)19(25)23(4)12-16-11-17(22-26-16)15-5-7-20-8-6-15/h5-11,13-14H,12H2,1-4H3/t14-/m0/s1. The van der Waals surface area contributed by atoms with Gasteiger partial charge in [-0.3, -0.25) is 9.78 Å². The van der Waals surface area contributed by atoms with Crippen LogP contribution < -0.4 is 0 Å². The zero-order valence-electron chi connectivity index (χ0n) is 15.5. The predicted octanol–water partition coefficient (Wildman–Crippen LogP) is 3.28. The molecule has 0 radical (unpaired) electrons. The van der Waals surface area contributed by atoms with Gasteiger partial charge in [-0.05, 0) is 19.1 Å². The van der Waals surface area contributed by atoms with Crippen LogP contribution in [0, 0.1) is 0 Å². The Hall–Kier alpha value is -2.96. The van der Waals surface area contributed by atoms with Crippen LogP contribution in [0.1, 0.15) is 44.3 Å². The topological polar surface area (TPSA) is 77.1 Å². The van der Waals surface area contributed by atoms with Gasteiger partial charge in [-0.2, -0.15) is 0 Å². The summed E-state index contributed by atoms with van der Waals surface area (Å²) >= 11 is 0. The lowest BCUT2D eigenvalue weighted by molar-refractivity contribution is -0.133. The fraction of sp³-hybridized carbons (Fsp3) is 0.368. The molecule has 0 fully saturated rings. The van der Waals surface area contributed by atoms with E-state index in [4.69, 9.17) is 4.52 Å². The van der Waals surface area contributed by atoms with Crippen LogP contribution >= 0.6 is 0 Å². The monoisotopic (exact) mass is 353 g/mol. The van der Waals surface area contributed by atoms with Crippen LogP contribution in [-0.2, 0) is 11.3 Å². The van der Waals surface area contributed by atoms with Crippen molar-refractivity contribution in [1.82, 2.24) is 24.6 Å². The van der Waals surface area contributed by atoms with Gasteiger partial charge < -0.3 is 14.0 Å². The van der Waals surface area contributed by atoms with Gasteiger partial charge in [0.25, 0.3) is 0 Å². The summed E-state index contributed by atoms with van der Waals surface area (Å²) in [6.45, 7) is 6.37. The van der Waals surface area contributed by atoms with Crippen molar-refractivity contribution in [1.29, 1.82) is 0 Å².